The first kappa shape index (κ1) is 16.5. The third-order valence-corrected chi connectivity index (χ3v) is 3.41. The van der Waals surface area contributed by atoms with Crippen LogP contribution in [-0.2, 0) is 11.2 Å². The fourth-order valence-electron chi connectivity index (χ4n) is 2.03. The maximum absolute atomic E-state index is 11.9. The van der Waals surface area contributed by atoms with E-state index in [2.05, 4.69) is 17.8 Å². The van der Waals surface area contributed by atoms with Crippen molar-refractivity contribution in [3.63, 3.8) is 0 Å². The number of amides is 2. The molecule has 0 aliphatic heterocycles. The van der Waals surface area contributed by atoms with E-state index in [1.807, 2.05) is 43.3 Å². The molecule has 0 fully saturated rings. The van der Waals surface area contributed by atoms with E-state index in [4.69, 9.17) is 4.74 Å². The number of nitrogens with one attached hydrogen (secondary N) is 2. The molecule has 2 rings (SSSR count). The number of hydrogen-bond acceptors (Lipinski definition) is 3. The zero-order chi connectivity index (χ0) is 16.7. The van der Waals surface area contributed by atoms with E-state index < -0.39 is 5.91 Å². The first-order valence-corrected chi connectivity index (χ1v) is 7.46. The second-order valence-corrected chi connectivity index (χ2v) is 5.10. The second-order valence-electron chi connectivity index (χ2n) is 5.10. The molecule has 2 N–H and O–H groups in total. The molecule has 0 radical (unpaired) electrons. The summed E-state index contributed by atoms with van der Waals surface area (Å²) >= 11 is 0. The van der Waals surface area contributed by atoms with Crippen LogP contribution >= 0.6 is 0 Å². The van der Waals surface area contributed by atoms with Crippen LogP contribution in [0.2, 0.25) is 0 Å². The summed E-state index contributed by atoms with van der Waals surface area (Å²) in [6.07, 6.45) is 0.950. The lowest BCUT2D eigenvalue weighted by molar-refractivity contribution is -0.123. The Morgan fingerprint density at radius 3 is 2.35 bits per heavy atom. The third-order valence-electron chi connectivity index (χ3n) is 3.41. The molecule has 2 aromatic rings. The maximum Gasteiger partial charge on any atom is 0.276 e. The molecule has 0 bridgehead atoms. The topological polar surface area (TPSA) is 67.4 Å². The molecule has 2 amide bonds. The average molecular weight is 312 g/mol. The van der Waals surface area contributed by atoms with Crippen molar-refractivity contribution in [2.75, 3.05) is 6.61 Å². The molecule has 2 aromatic carbocycles. The number of hydrazine groups is 1. The Labute approximate surface area is 135 Å². The molecule has 0 saturated heterocycles. The summed E-state index contributed by atoms with van der Waals surface area (Å²) in [5.41, 5.74) is 7.27. The van der Waals surface area contributed by atoms with Gasteiger partial charge < -0.3 is 4.74 Å². The zero-order valence-corrected chi connectivity index (χ0v) is 13.3. The van der Waals surface area contributed by atoms with Gasteiger partial charge in [-0.2, -0.15) is 0 Å². The van der Waals surface area contributed by atoms with Crippen molar-refractivity contribution in [3.05, 3.63) is 65.2 Å². The van der Waals surface area contributed by atoms with E-state index in [0.717, 1.165) is 12.0 Å². The van der Waals surface area contributed by atoms with Crippen LogP contribution in [0.5, 0.6) is 5.75 Å². The highest BCUT2D eigenvalue weighted by molar-refractivity contribution is 5.96. The smallest absolute Gasteiger partial charge is 0.276 e. The Morgan fingerprint density at radius 2 is 1.70 bits per heavy atom. The van der Waals surface area contributed by atoms with Crippen molar-refractivity contribution in [2.24, 2.45) is 0 Å². The lowest BCUT2D eigenvalue weighted by Crippen LogP contribution is -2.44. The molecule has 5 nitrogen and oxygen atoms in total. The summed E-state index contributed by atoms with van der Waals surface area (Å²) < 4.78 is 5.37. The molecule has 5 heteroatoms. The number of ether oxygens (including phenoxy) is 1. The van der Waals surface area contributed by atoms with Crippen molar-refractivity contribution in [1.82, 2.24) is 10.9 Å². The Kier molecular flexibility index (Phi) is 5.74. The minimum atomic E-state index is -0.425. The van der Waals surface area contributed by atoms with Gasteiger partial charge in [0.05, 0.1) is 0 Å². The number of rotatable bonds is 5. The van der Waals surface area contributed by atoms with E-state index in [-0.39, 0.29) is 12.5 Å². The van der Waals surface area contributed by atoms with Crippen molar-refractivity contribution >= 4 is 11.8 Å². The Balaban J connectivity index is 1.78. The molecular formula is C18H20N2O3. The van der Waals surface area contributed by atoms with Crippen molar-refractivity contribution in [3.8, 4) is 5.75 Å². The largest absolute Gasteiger partial charge is 0.484 e. The predicted molar refractivity (Wildman–Crippen MR) is 88.1 cm³/mol. The van der Waals surface area contributed by atoms with Crippen molar-refractivity contribution < 1.29 is 14.3 Å². The monoisotopic (exact) mass is 312 g/mol. The second kappa shape index (κ2) is 7.98. The molecule has 0 atom stereocenters. The summed E-state index contributed by atoms with van der Waals surface area (Å²) in [6, 6.07) is 14.7. The van der Waals surface area contributed by atoms with Crippen molar-refractivity contribution in [1.29, 1.82) is 0 Å². The van der Waals surface area contributed by atoms with E-state index in [1.54, 1.807) is 12.1 Å². The van der Waals surface area contributed by atoms with Crippen molar-refractivity contribution in [2.45, 2.75) is 20.3 Å². The number of benzene rings is 2. The standard InChI is InChI=1S/C18H20N2O3/c1-3-14-8-10-15(11-9-14)23-12-17(21)19-20-18(22)16-7-5-4-6-13(16)2/h4-11H,3,12H2,1-2H3,(H,19,21)(H,20,22). The van der Waals surface area contributed by atoms with Gasteiger partial charge in [-0.25, -0.2) is 0 Å². The van der Waals surface area contributed by atoms with E-state index in [0.29, 0.717) is 11.3 Å². The van der Waals surface area contributed by atoms with Gasteiger partial charge in [-0.15, -0.1) is 0 Å². The fraction of sp³-hybridized carbons (Fsp3) is 0.222. The zero-order valence-electron chi connectivity index (χ0n) is 13.3. The summed E-state index contributed by atoms with van der Waals surface area (Å²) in [4.78, 5) is 23.7. The number of hydrogen-bond donors (Lipinski definition) is 2. The molecule has 0 unspecified atom stereocenters. The summed E-state index contributed by atoms with van der Waals surface area (Å²) in [5.74, 6) is -0.169. The molecule has 0 aliphatic carbocycles. The Hall–Kier alpha value is -2.82. The van der Waals surface area contributed by atoms with Crippen LogP contribution in [0, 0.1) is 6.92 Å². The van der Waals surface area contributed by atoms with E-state index >= 15 is 0 Å². The van der Waals surface area contributed by atoms with Crippen LogP contribution in [0.3, 0.4) is 0 Å². The first-order valence-electron chi connectivity index (χ1n) is 7.46. The highest BCUT2D eigenvalue weighted by Gasteiger charge is 2.09. The van der Waals surface area contributed by atoms with Crippen LogP contribution in [0.15, 0.2) is 48.5 Å². The maximum atomic E-state index is 11.9. The lowest BCUT2D eigenvalue weighted by Gasteiger charge is -2.10. The van der Waals surface area contributed by atoms with Crippen LogP contribution in [0.4, 0.5) is 0 Å². The number of aryl methyl sites for hydroxylation is 2. The first-order chi connectivity index (χ1) is 11.1. The molecule has 0 aromatic heterocycles. The van der Waals surface area contributed by atoms with Gasteiger partial charge in [0.1, 0.15) is 5.75 Å². The molecule has 0 heterocycles. The molecule has 120 valence electrons. The Bertz CT molecular complexity index is 681. The normalized spacial score (nSPS) is 10.0. The van der Waals surface area contributed by atoms with Gasteiger partial charge in [0, 0.05) is 5.56 Å². The summed E-state index contributed by atoms with van der Waals surface area (Å²) in [7, 11) is 0. The van der Waals surface area contributed by atoms with Crippen LogP contribution in [-0.4, -0.2) is 18.4 Å². The van der Waals surface area contributed by atoms with Gasteiger partial charge in [-0.3, -0.25) is 20.4 Å². The minimum absolute atomic E-state index is 0.167. The highest BCUT2D eigenvalue weighted by atomic mass is 16.5. The molecule has 23 heavy (non-hydrogen) atoms. The van der Waals surface area contributed by atoms with Gasteiger partial charge in [0.15, 0.2) is 6.61 Å². The lowest BCUT2D eigenvalue weighted by atomic mass is 10.1. The summed E-state index contributed by atoms with van der Waals surface area (Å²) in [6.45, 7) is 3.74. The van der Waals surface area contributed by atoms with E-state index in [1.165, 1.54) is 5.56 Å². The number of carbonyl (C=O) groups is 2. The third kappa shape index (κ3) is 4.85. The minimum Gasteiger partial charge on any atom is -0.484 e. The van der Waals surface area contributed by atoms with Crippen LogP contribution in [0.1, 0.15) is 28.4 Å². The molecule has 0 aliphatic rings. The van der Waals surface area contributed by atoms with Crippen LogP contribution in [0.25, 0.3) is 0 Å². The number of carbonyl (C=O) groups excluding carboxylic acids is 2. The average Bonchev–Trinajstić information content (AvgIpc) is 2.58. The van der Waals surface area contributed by atoms with Gasteiger partial charge in [0.25, 0.3) is 11.8 Å². The fourth-order valence-corrected chi connectivity index (χ4v) is 2.03. The van der Waals surface area contributed by atoms with E-state index in [9.17, 15) is 9.59 Å². The van der Waals surface area contributed by atoms with Gasteiger partial charge in [0.2, 0.25) is 0 Å². The summed E-state index contributed by atoms with van der Waals surface area (Å²) in [5, 5.41) is 0. The Morgan fingerprint density at radius 1 is 1.00 bits per heavy atom. The van der Waals surface area contributed by atoms with Gasteiger partial charge >= 0.3 is 0 Å². The molecular weight excluding hydrogens is 292 g/mol. The van der Waals surface area contributed by atoms with Gasteiger partial charge in [-0.1, -0.05) is 37.3 Å². The predicted octanol–water partition coefficient (Wildman–Crippen LogP) is 2.40. The molecule has 0 saturated carbocycles. The SMILES string of the molecule is CCc1ccc(OCC(=O)NNC(=O)c2ccccc2C)cc1. The quantitative estimate of drug-likeness (QED) is 0.833. The van der Waals surface area contributed by atoms with Gasteiger partial charge in [-0.05, 0) is 42.7 Å². The van der Waals surface area contributed by atoms with Crippen LogP contribution < -0.4 is 15.6 Å². The highest BCUT2D eigenvalue weighted by Crippen LogP contribution is 2.12. The molecule has 0 spiro atoms.